The predicted octanol–water partition coefficient (Wildman–Crippen LogP) is 2.50. The minimum Gasteiger partial charge on any atom is -0.356 e. The molecule has 0 aliphatic heterocycles. The van der Waals surface area contributed by atoms with Crippen molar-refractivity contribution in [2.75, 3.05) is 6.54 Å². The maximum atomic E-state index is 12.0. The summed E-state index contributed by atoms with van der Waals surface area (Å²) in [6, 6.07) is 1.98. The first kappa shape index (κ1) is 15.0. The number of carbonyl (C=O) groups excluding carboxylic acids is 1. The Labute approximate surface area is 131 Å². The van der Waals surface area contributed by atoms with Crippen molar-refractivity contribution >= 4 is 11.6 Å². The molecule has 0 aromatic carbocycles. The number of aromatic nitrogens is 3. The van der Waals surface area contributed by atoms with E-state index in [0.717, 1.165) is 41.3 Å². The second-order valence-corrected chi connectivity index (χ2v) is 6.42. The topological polar surface area (TPSA) is 59.3 Å². The third kappa shape index (κ3) is 2.98. The summed E-state index contributed by atoms with van der Waals surface area (Å²) in [6.07, 6.45) is 5.07. The molecule has 2 aromatic rings. The van der Waals surface area contributed by atoms with E-state index in [-0.39, 0.29) is 5.91 Å². The second-order valence-electron chi connectivity index (χ2n) is 6.42. The Balaban J connectivity index is 1.66. The van der Waals surface area contributed by atoms with Gasteiger partial charge in [-0.3, -0.25) is 4.79 Å². The molecule has 2 heterocycles. The first-order valence-electron chi connectivity index (χ1n) is 8.13. The van der Waals surface area contributed by atoms with Crippen molar-refractivity contribution in [3.63, 3.8) is 0 Å². The lowest BCUT2D eigenvalue weighted by Crippen LogP contribution is -2.32. The zero-order valence-corrected chi connectivity index (χ0v) is 13.6. The Morgan fingerprint density at radius 3 is 2.82 bits per heavy atom. The molecule has 1 fully saturated rings. The Morgan fingerprint density at radius 2 is 2.14 bits per heavy atom. The summed E-state index contributed by atoms with van der Waals surface area (Å²) in [5.74, 6) is 0.847. The first-order valence-corrected chi connectivity index (χ1v) is 8.13. The number of carbonyl (C=O) groups is 1. The lowest BCUT2D eigenvalue weighted by atomic mass is 9.85. The molecule has 1 amide bonds. The lowest BCUT2D eigenvalue weighted by molar-refractivity contribution is -0.121. The van der Waals surface area contributed by atoms with Gasteiger partial charge >= 0.3 is 0 Å². The third-order valence-corrected chi connectivity index (χ3v) is 4.70. The van der Waals surface area contributed by atoms with Crippen molar-refractivity contribution in [3.8, 4) is 0 Å². The van der Waals surface area contributed by atoms with Crippen LogP contribution < -0.4 is 5.32 Å². The van der Waals surface area contributed by atoms with Gasteiger partial charge in [-0.2, -0.15) is 5.10 Å². The molecule has 22 heavy (non-hydrogen) atoms. The zero-order valence-electron chi connectivity index (χ0n) is 13.6. The van der Waals surface area contributed by atoms with Crippen molar-refractivity contribution in [2.24, 2.45) is 5.92 Å². The molecule has 5 heteroatoms. The van der Waals surface area contributed by atoms with E-state index in [1.807, 2.05) is 24.4 Å². The van der Waals surface area contributed by atoms with Gasteiger partial charge < -0.3 is 5.32 Å². The molecule has 2 aromatic heterocycles. The highest BCUT2D eigenvalue weighted by atomic mass is 16.1. The highest BCUT2D eigenvalue weighted by Crippen LogP contribution is 2.25. The molecular formula is C17H24N4O. The van der Waals surface area contributed by atoms with Crippen molar-refractivity contribution in [2.45, 2.75) is 52.9 Å². The van der Waals surface area contributed by atoms with Crippen LogP contribution in [0.2, 0.25) is 0 Å². The van der Waals surface area contributed by atoms with Gasteiger partial charge in [-0.05, 0) is 51.5 Å². The normalized spacial score (nSPS) is 15.0. The van der Waals surface area contributed by atoms with Crippen LogP contribution in [0, 0.1) is 26.7 Å². The SMILES string of the molecule is Cc1cc2nc(C)c(CCC(=O)NCC3CCC3)c(C)n2n1. The van der Waals surface area contributed by atoms with Crippen LogP contribution in [0.15, 0.2) is 6.07 Å². The highest BCUT2D eigenvalue weighted by Gasteiger charge is 2.18. The van der Waals surface area contributed by atoms with E-state index in [1.54, 1.807) is 0 Å². The smallest absolute Gasteiger partial charge is 0.220 e. The fraction of sp³-hybridized carbons (Fsp3) is 0.588. The van der Waals surface area contributed by atoms with E-state index in [1.165, 1.54) is 19.3 Å². The summed E-state index contributed by atoms with van der Waals surface area (Å²) in [5, 5.41) is 7.53. The van der Waals surface area contributed by atoms with Crippen LogP contribution >= 0.6 is 0 Å². The number of nitrogens with zero attached hydrogens (tertiary/aromatic N) is 3. The molecule has 0 saturated heterocycles. The number of amides is 1. The van der Waals surface area contributed by atoms with Gasteiger partial charge in [0.25, 0.3) is 0 Å². The van der Waals surface area contributed by atoms with Crippen LogP contribution in [0.25, 0.3) is 5.65 Å². The maximum absolute atomic E-state index is 12.0. The molecule has 5 nitrogen and oxygen atoms in total. The van der Waals surface area contributed by atoms with Gasteiger partial charge in [0.1, 0.15) is 0 Å². The zero-order chi connectivity index (χ0) is 15.7. The molecule has 118 valence electrons. The molecular weight excluding hydrogens is 276 g/mol. The summed E-state index contributed by atoms with van der Waals surface area (Å²) in [7, 11) is 0. The fourth-order valence-corrected chi connectivity index (χ4v) is 3.09. The van der Waals surface area contributed by atoms with Crippen LogP contribution in [-0.4, -0.2) is 27.0 Å². The number of rotatable bonds is 5. The average molecular weight is 300 g/mol. The largest absolute Gasteiger partial charge is 0.356 e. The molecule has 1 N–H and O–H groups in total. The Morgan fingerprint density at radius 1 is 1.36 bits per heavy atom. The van der Waals surface area contributed by atoms with Crippen LogP contribution in [0.3, 0.4) is 0 Å². The van der Waals surface area contributed by atoms with Gasteiger partial charge in [-0.25, -0.2) is 9.50 Å². The van der Waals surface area contributed by atoms with Crippen LogP contribution in [0.4, 0.5) is 0 Å². The van der Waals surface area contributed by atoms with Gasteiger partial charge in [-0.1, -0.05) is 6.42 Å². The Hall–Kier alpha value is -1.91. The molecule has 0 spiro atoms. The van der Waals surface area contributed by atoms with Gasteiger partial charge in [-0.15, -0.1) is 0 Å². The van der Waals surface area contributed by atoms with Gasteiger partial charge in [0, 0.05) is 30.4 Å². The van der Waals surface area contributed by atoms with Gasteiger partial charge in [0.2, 0.25) is 5.91 Å². The van der Waals surface area contributed by atoms with Crippen molar-refractivity contribution < 1.29 is 4.79 Å². The summed E-state index contributed by atoms with van der Waals surface area (Å²) in [6.45, 7) is 6.87. The number of hydrogen-bond donors (Lipinski definition) is 1. The van der Waals surface area contributed by atoms with Gasteiger partial charge in [0.15, 0.2) is 5.65 Å². The Bertz CT molecular complexity index is 700. The summed E-state index contributed by atoms with van der Waals surface area (Å²) < 4.78 is 1.88. The number of hydrogen-bond acceptors (Lipinski definition) is 3. The van der Waals surface area contributed by atoms with Crippen LogP contribution in [0.1, 0.15) is 48.3 Å². The summed E-state index contributed by atoms with van der Waals surface area (Å²) in [5.41, 5.74) is 5.06. The third-order valence-electron chi connectivity index (χ3n) is 4.70. The predicted molar refractivity (Wildman–Crippen MR) is 85.9 cm³/mol. The monoisotopic (exact) mass is 300 g/mol. The van der Waals surface area contributed by atoms with Crippen molar-refractivity contribution in [1.82, 2.24) is 19.9 Å². The van der Waals surface area contributed by atoms with Crippen LogP contribution in [0.5, 0.6) is 0 Å². The van der Waals surface area contributed by atoms with E-state index in [0.29, 0.717) is 12.3 Å². The molecule has 3 rings (SSSR count). The number of fused-ring (bicyclic) bond motifs is 1. The van der Waals surface area contributed by atoms with Crippen LogP contribution in [-0.2, 0) is 11.2 Å². The molecule has 0 radical (unpaired) electrons. The molecule has 1 aliphatic carbocycles. The Kier molecular flexibility index (Phi) is 4.14. The van der Waals surface area contributed by atoms with E-state index < -0.39 is 0 Å². The maximum Gasteiger partial charge on any atom is 0.220 e. The average Bonchev–Trinajstić information content (AvgIpc) is 2.77. The first-order chi connectivity index (χ1) is 10.5. The number of aryl methyl sites for hydroxylation is 3. The van der Waals surface area contributed by atoms with E-state index in [2.05, 4.69) is 22.3 Å². The van der Waals surface area contributed by atoms with E-state index in [9.17, 15) is 4.79 Å². The summed E-state index contributed by atoms with van der Waals surface area (Å²) in [4.78, 5) is 16.6. The van der Waals surface area contributed by atoms with Crippen molar-refractivity contribution in [3.05, 3.63) is 28.7 Å². The molecule has 1 saturated carbocycles. The minimum absolute atomic E-state index is 0.141. The molecule has 0 bridgehead atoms. The highest BCUT2D eigenvalue weighted by molar-refractivity contribution is 5.76. The minimum atomic E-state index is 0.141. The van der Waals surface area contributed by atoms with Crippen molar-refractivity contribution in [1.29, 1.82) is 0 Å². The number of nitrogens with one attached hydrogen (secondary N) is 1. The molecule has 0 atom stereocenters. The van der Waals surface area contributed by atoms with E-state index in [4.69, 9.17) is 0 Å². The fourth-order valence-electron chi connectivity index (χ4n) is 3.09. The molecule has 1 aliphatic rings. The van der Waals surface area contributed by atoms with E-state index >= 15 is 0 Å². The molecule has 0 unspecified atom stereocenters. The standard InChI is InChI=1S/C17H24N4O/c1-11-9-16-19-12(2)15(13(3)21(16)20-11)7-8-17(22)18-10-14-5-4-6-14/h9,14H,4-8,10H2,1-3H3,(H,18,22). The second kappa shape index (κ2) is 6.07. The summed E-state index contributed by atoms with van der Waals surface area (Å²) >= 11 is 0. The van der Waals surface area contributed by atoms with Gasteiger partial charge in [0.05, 0.1) is 5.69 Å². The quantitative estimate of drug-likeness (QED) is 0.923. The lowest BCUT2D eigenvalue weighted by Gasteiger charge is -2.25.